The summed E-state index contributed by atoms with van der Waals surface area (Å²) in [6.07, 6.45) is 0.789. The van der Waals surface area contributed by atoms with Gasteiger partial charge in [0.25, 0.3) is 0 Å². The Morgan fingerprint density at radius 3 is 2.75 bits per heavy atom. The molecule has 20 heavy (non-hydrogen) atoms. The monoisotopic (exact) mass is 279 g/mol. The van der Waals surface area contributed by atoms with Gasteiger partial charge in [-0.15, -0.1) is 0 Å². The zero-order valence-electron chi connectivity index (χ0n) is 11.8. The number of hydrogen-bond acceptors (Lipinski definition) is 4. The summed E-state index contributed by atoms with van der Waals surface area (Å²) < 4.78 is 5.33. The number of likely N-dealkylation sites (N-methyl/N-ethyl adjacent to an activating group) is 1. The molecule has 0 bridgehead atoms. The van der Waals surface area contributed by atoms with Crippen molar-refractivity contribution in [3.63, 3.8) is 0 Å². The first-order chi connectivity index (χ1) is 9.56. The van der Waals surface area contributed by atoms with Gasteiger partial charge in [-0.3, -0.25) is 9.69 Å². The molecule has 0 radical (unpaired) electrons. The zero-order chi connectivity index (χ0) is 14.7. The first kappa shape index (κ1) is 14.8. The number of rotatable bonds is 5. The van der Waals surface area contributed by atoms with Gasteiger partial charge in [-0.2, -0.15) is 0 Å². The van der Waals surface area contributed by atoms with Gasteiger partial charge in [-0.05, 0) is 19.5 Å². The number of hydrogen-bond donors (Lipinski definition) is 2. The van der Waals surface area contributed by atoms with Crippen LogP contribution < -0.4 is 0 Å². The molecule has 0 saturated carbocycles. The summed E-state index contributed by atoms with van der Waals surface area (Å²) in [5.74, 6) is -1.09. The average molecular weight is 279 g/mol. The number of aromatic hydroxyl groups is 1. The molecule has 1 heterocycles. The van der Waals surface area contributed by atoms with Crippen molar-refractivity contribution >= 4 is 5.97 Å². The van der Waals surface area contributed by atoms with Gasteiger partial charge in [0.15, 0.2) is 0 Å². The summed E-state index contributed by atoms with van der Waals surface area (Å²) >= 11 is 0. The Balaban J connectivity index is 2.23. The lowest BCUT2D eigenvalue weighted by Gasteiger charge is -2.34. The maximum absolute atomic E-state index is 11.3. The Kier molecular flexibility index (Phi) is 4.62. The van der Waals surface area contributed by atoms with Crippen molar-refractivity contribution in [2.75, 3.05) is 20.3 Å². The summed E-state index contributed by atoms with van der Waals surface area (Å²) in [5, 5.41) is 19.3. The van der Waals surface area contributed by atoms with Crippen molar-refractivity contribution in [2.45, 2.75) is 25.4 Å². The molecule has 3 unspecified atom stereocenters. The van der Waals surface area contributed by atoms with Gasteiger partial charge in [-0.25, -0.2) is 0 Å². The van der Waals surface area contributed by atoms with Gasteiger partial charge in [0.1, 0.15) is 5.75 Å². The summed E-state index contributed by atoms with van der Waals surface area (Å²) in [6.45, 7) is 2.69. The number of nitrogens with zero attached hydrogens (tertiary/aromatic N) is 1. The standard InChI is InChI=1S/C15H21NO4/c1-3-12(10-6-4-5-7-14(10)17)16(2)13-9-20-8-11(13)15(18)19/h4-7,11-13,17H,3,8-9H2,1-2H3,(H,18,19). The molecule has 5 heteroatoms. The number of carboxylic acids is 1. The zero-order valence-corrected chi connectivity index (χ0v) is 11.8. The maximum Gasteiger partial charge on any atom is 0.310 e. The van der Waals surface area contributed by atoms with Crippen molar-refractivity contribution in [3.05, 3.63) is 29.8 Å². The van der Waals surface area contributed by atoms with Crippen LogP contribution in [0.15, 0.2) is 24.3 Å². The Labute approximate surface area is 118 Å². The van der Waals surface area contributed by atoms with Gasteiger partial charge < -0.3 is 14.9 Å². The molecule has 0 amide bonds. The van der Waals surface area contributed by atoms with Gasteiger partial charge in [0, 0.05) is 17.6 Å². The topological polar surface area (TPSA) is 70.0 Å². The number of carbonyl (C=O) groups is 1. The van der Waals surface area contributed by atoms with E-state index in [-0.39, 0.29) is 24.4 Å². The molecule has 3 atom stereocenters. The van der Waals surface area contributed by atoms with E-state index in [1.165, 1.54) is 0 Å². The van der Waals surface area contributed by atoms with Crippen LogP contribution in [0.3, 0.4) is 0 Å². The SMILES string of the molecule is CCC(c1ccccc1O)N(C)C1COCC1C(=O)O. The fraction of sp³-hybridized carbons (Fsp3) is 0.533. The van der Waals surface area contributed by atoms with E-state index in [1.54, 1.807) is 12.1 Å². The number of carboxylic acid groups (broad SMARTS) is 1. The lowest BCUT2D eigenvalue weighted by atomic mass is 9.96. The molecule has 0 spiro atoms. The quantitative estimate of drug-likeness (QED) is 0.861. The summed E-state index contributed by atoms with van der Waals surface area (Å²) in [5.41, 5.74) is 0.827. The Hall–Kier alpha value is -1.59. The Morgan fingerprint density at radius 1 is 1.45 bits per heavy atom. The van der Waals surface area contributed by atoms with E-state index >= 15 is 0 Å². The van der Waals surface area contributed by atoms with Crippen LogP contribution in [0.2, 0.25) is 0 Å². The van der Waals surface area contributed by atoms with E-state index in [4.69, 9.17) is 4.74 Å². The molecule has 1 saturated heterocycles. The minimum atomic E-state index is -0.827. The van der Waals surface area contributed by atoms with Crippen LogP contribution in [0.4, 0.5) is 0 Å². The predicted octanol–water partition coefficient (Wildman–Crippen LogP) is 1.87. The van der Waals surface area contributed by atoms with Crippen molar-refractivity contribution in [1.29, 1.82) is 0 Å². The van der Waals surface area contributed by atoms with Gasteiger partial charge in [0.2, 0.25) is 0 Å². The molecular weight excluding hydrogens is 258 g/mol. The van der Waals surface area contributed by atoms with Gasteiger partial charge >= 0.3 is 5.97 Å². The summed E-state index contributed by atoms with van der Waals surface area (Å²) in [7, 11) is 1.90. The lowest BCUT2D eigenvalue weighted by molar-refractivity contribution is -0.143. The summed E-state index contributed by atoms with van der Waals surface area (Å²) in [6, 6.07) is 7.01. The van der Waals surface area contributed by atoms with E-state index in [0.717, 1.165) is 12.0 Å². The van der Waals surface area contributed by atoms with Crippen LogP contribution in [0.25, 0.3) is 0 Å². The number of benzene rings is 1. The molecule has 2 rings (SSSR count). The highest BCUT2D eigenvalue weighted by Gasteiger charge is 2.39. The smallest absolute Gasteiger partial charge is 0.310 e. The van der Waals surface area contributed by atoms with Crippen LogP contribution in [0.5, 0.6) is 5.75 Å². The van der Waals surface area contributed by atoms with Crippen LogP contribution >= 0.6 is 0 Å². The van der Waals surface area contributed by atoms with E-state index in [9.17, 15) is 15.0 Å². The van der Waals surface area contributed by atoms with Crippen molar-refractivity contribution in [1.82, 2.24) is 4.90 Å². The summed E-state index contributed by atoms with van der Waals surface area (Å²) in [4.78, 5) is 13.3. The molecule has 1 aromatic carbocycles. The molecule has 5 nitrogen and oxygen atoms in total. The van der Waals surface area contributed by atoms with Gasteiger partial charge in [0.05, 0.1) is 19.1 Å². The number of ether oxygens (including phenoxy) is 1. The first-order valence-electron chi connectivity index (χ1n) is 6.86. The van der Waals surface area contributed by atoms with Crippen molar-refractivity contribution in [2.24, 2.45) is 5.92 Å². The van der Waals surface area contributed by atoms with Crippen molar-refractivity contribution < 1.29 is 19.7 Å². The number of aliphatic carboxylic acids is 1. The molecule has 1 aliphatic heterocycles. The second kappa shape index (κ2) is 6.24. The van der Waals surface area contributed by atoms with E-state index in [2.05, 4.69) is 0 Å². The largest absolute Gasteiger partial charge is 0.508 e. The van der Waals surface area contributed by atoms with Crippen LogP contribution in [-0.4, -0.2) is 47.4 Å². The Bertz CT molecular complexity index is 477. The van der Waals surface area contributed by atoms with Crippen LogP contribution in [0.1, 0.15) is 24.9 Å². The fourth-order valence-electron chi connectivity index (χ4n) is 2.91. The highest BCUT2D eigenvalue weighted by atomic mass is 16.5. The molecule has 110 valence electrons. The highest BCUT2D eigenvalue weighted by Crippen LogP contribution is 2.34. The molecule has 0 aromatic heterocycles. The second-order valence-electron chi connectivity index (χ2n) is 5.20. The van der Waals surface area contributed by atoms with Crippen LogP contribution in [0, 0.1) is 5.92 Å². The highest BCUT2D eigenvalue weighted by molar-refractivity contribution is 5.71. The molecule has 2 N–H and O–H groups in total. The maximum atomic E-state index is 11.3. The van der Waals surface area contributed by atoms with E-state index in [1.807, 2.05) is 31.0 Å². The number of phenolic OH excluding ortho intramolecular Hbond substituents is 1. The lowest BCUT2D eigenvalue weighted by Crippen LogP contribution is -2.42. The Morgan fingerprint density at radius 2 is 2.15 bits per heavy atom. The molecule has 1 aromatic rings. The molecular formula is C15H21NO4. The van der Waals surface area contributed by atoms with E-state index in [0.29, 0.717) is 6.61 Å². The predicted molar refractivity (Wildman–Crippen MR) is 74.6 cm³/mol. The average Bonchev–Trinajstić information content (AvgIpc) is 2.91. The van der Waals surface area contributed by atoms with E-state index < -0.39 is 11.9 Å². The molecule has 1 aliphatic rings. The third-order valence-electron chi connectivity index (χ3n) is 4.06. The van der Waals surface area contributed by atoms with Gasteiger partial charge in [-0.1, -0.05) is 25.1 Å². The third kappa shape index (κ3) is 2.78. The fourth-order valence-corrected chi connectivity index (χ4v) is 2.91. The second-order valence-corrected chi connectivity index (χ2v) is 5.20. The van der Waals surface area contributed by atoms with Crippen LogP contribution in [-0.2, 0) is 9.53 Å². The minimum Gasteiger partial charge on any atom is -0.508 e. The minimum absolute atomic E-state index is 0.0234. The first-order valence-corrected chi connectivity index (χ1v) is 6.86. The third-order valence-corrected chi connectivity index (χ3v) is 4.06. The normalized spacial score (nSPS) is 23.9. The molecule has 0 aliphatic carbocycles. The molecule has 1 fully saturated rings. The number of para-hydroxylation sites is 1. The van der Waals surface area contributed by atoms with Crippen molar-refractivity contribution in [3.8, 4) is 5.75 Å². The number of phenols is 1.